The fourth-order valence-corrected chi connectivity index (χ4v) is 11.1. The number of aryl methyl sites for hydroxylation is 1. The third-order valence-electron chi connectivity index (χ3n) is 14.5. The number of aromatic hydroxyl groups is 1. The number of carbonyl (C=O) groups excluding carboxylic acids is 4. The average molecular weight is 942 g/mol. The second kappa shape index (κ2) is 19.0. The quantitative estimate of drug-likeness (QED) is 0.0499. The lowest BCUT2D eigenvalue weighted by atomic mass is 9.70. The summed E-state index contributed by atoms with van der Waals surface area (Å²) in [6.45, 7) is 1.80. The lowest BCUT2D eigenvalue weighted by Crippen LogP contribution is -2.58. The summed E-state index contributed by atoms with van der Waals surface area (Å²) in [5.41, 5.74) is 6.69. The van der Waals surface area contributed by atoms with Gasteiger partial charge in [0, 0.05) is 58.7 Å². The number of ether oxygens (including phenoxy) is 3. The number of carbonyl (C=O) groups is 4. The zero-order valence-corrected chi connectivity index (χ0v) is 38.2. The fourth-order valence-electron chi connectivity index (χ4n) is 11.1. The van der Waals surface area contributed by atoms with Crippen LogP contribution in [0.25, 0.3) is 12.2 Å². The highest BCUT2D eigenvalue weighted by Gasteiger charge is 2.49. The second-order valence-electron chi connectivity index (χ2n) is 18.9. The molecule has 9 atom stereocenters. The van der Waals surface area contributed by atoms with Gasteiger partial charge in [0.25, 0.3) is 0 Å². The van der Waals surface area contributed by atoms with Crippen LogP contribution in [0, 0.1) is 17.8 Å². The van der Waals surface area contributed by atoms with E-state index in [1.165, 1.54) is 19.1 Å². The summed E-state index contributed by atoms with van der Waals surface area (Å²) in [5, 5.41) is 79.8. The van der Waals surface area contributed by atoms with Crippen molar-refractivity contribution < 1.29 is 69.1 Å². The number of aldehydes is 1. The van der Waals surface area contributed by atoms with Crippen molar-refractivity contribution in [3.05, 3.63) is 120 Å². The standard InChI is InChI=1S/C54H55NO14/c1-26-46(60)50(64)51(65)53(67-26)69-52-37-10-4-9-34(55)16-17-35(59)21-29-7-3-6-28(20-29)11-18-36-40(68-27(2)58)23-32(24-56)41-42(36)49(63)43(37)44(48(41)62)47(61)38(52)22-31-13-12-30-14-15-33-8-5-19-54(33,66)45(30)39(31)25-57/h3,6-7,11-13,18,20,23,25-26,33-35,46,50-51,53,56,59-61,64-66H,5,8,10,14-17,19,21-22,24,55H2,1-2H3/b18-11+/t26-,33+,34-,35+,46+,50+,51+,53+,54-/m0/s1. The molecule has 4 aromatic rings. The Labute approximate surface area is 398 Å². The molecule has 15 nitrogen and oxygen atoms in total. The Hall–Kier alpha value is -6.06. The Morgan fingerprint density at radius 1 is 0.942 bits per heavy atom. The van der Waals surface area contributed by atoms with Gasteiger partial charge < -0.3 is 55.7 Å². The monoisotopic (exact) mass is 941 g/mol. The highest BCUT2D eigenvalue weighted by Crippen LogP contribution is 2.53. The van der Waals surface area contributed by atoms with Crippen molar-refractivity contribution >= 4 is 36.0 Å². The van der Waals surface area contributed by atoms with Gasteiger partial charge in [-0.1, -0.05) is 54.3 Å². The molecule has 0 unspecified atom stereocenters. The minimum absolute atomic E-state index is 0.0113. The van der Waals surface area contributed by atoms with Gasteiger partial charge in [0.05, 0.1) is 36.0 Å². The molecule has 69 heavy (non-hydrogen) atoms. The van der Waals surface area contributed by atoms with E-state index in [0.29, 0.717) is 35.8 Å². The van der Waals surface area contributed by atoms with Crippen molar-refractivity contribution in [1.82, 2.24) is 0 Å². The lowest BCUT2D eigenvalue weighted by Gasteiger charge is -2.40. The second-order valence-corrected chi connectivity index (χ2v) is 18.9. The number of phenols is 1. The number of fused-ring (bicyclic) bond motifs is 5. The van der Waals surface area contributed by atoms with Crippen LogP contribution in [0.3, 0.4) is 0 Å². The highest BCUT2D eigenvalue weighted by molar-refractivity contribution is 6.32. The number of benzene rings is 4. The number of ketones is 2. The molecule has 0 amide bonds. The van der Waals surface area contributed by atoms with E-state index >= 15 is 9.59 Å². The number of nitrogens with two attached hydrogens (primary N) is 1. The molecule has 4 aromatic carbocycles. The average Bonchev–Trinajstić information content (AvgIpc) is 3.72. The van der Waals surface area contributed by atoms with E-state index in [4.69, 9.17) is 19.9 Å². The summed E-state index contributed by atoms with van der Waals surface area (Å²) in [4.78, 5) is 57.0. The van der Waals surface area contributed by atoms with E-state index in [9.17, 15) is 45.3 Å². The van der Waals surface area contributed by atoms with E-state index in [-0.39, 0.29) is 87.6 Å². The maximum absolute atomic E-state index is 15.7. The van der Waals surface area contributed by atoms with E-state index in [0.717, 1.165) is 37.3 Å². The van der Waals surface area contributed by atoms with Crippen molar-refractivity contribution in [3.8, 4) is 29.1 Å². The summed E-state index contributed by atoms with van der Waals surface area (Å²) in [5.74, 6) is 2.19. The molecule has 0 radical (unpaired) electrons. The molecule has 1 saturated heterocycles. The van der Waals surface area contributed by atoms with Crippen LogP contribution in [-0.4, -0.2) is 102 Å². The van der Waals surface area contributed by atoms with Crippen LogP contribution >= 0.6 is 0 Å². The number of aliphatic hydroxyl groups is 6. The zero-order valence-electron chi connectivity index (χ0n) is 38.2. The predicted octanol–water partition coefficient (Wildman–Crippen LogP) is 3.87. The van der Waals surface area contributed by atoms with Gasteiger partial charge in [-0.25, -0.2) is 0 Å². The Morgan fingerprint density at radius 3 is 2.48 bits per heavy atom. The Kier molecular flexibility index (Phi) is 13.2. The van der Waals surface area contributed by atoms with Crippen molar-refractivity contribution in [1.29, 1.82) is 0 Å². The Balaban J connectivity index is 1.34. The highest BCUT2D eigenvalue weighted by atomic mass is 16.7. The first-order valence-electron chi connectivity index (χ1n) is 23.4. The molecule has 9 rings (SSSR count). The maximum Gasteiger partial charge on any atom is 0.308 e. The molecule has 15 heteroatoms. The summed E-state index contributed by atoms with van der Waals surface area (Å²) in [6.07, 6.45) is -1.62. The van der Waals surface area contributed by atoms with E-state index in [2.05, 4.69) is 11.8 Å². The first kappa shape index (κ1) is 48.0. The number of esters is 1. The van der Waals surface area contributed by atoms with Crippen LogP contribution in [0.2, 0.25) is 0 Å². The summed E-state index contributed by atoms with van der Waals surface area (Å²) < 4.78 is 18.1. The summed E-state index contributed by atoms with van der Waals surface area (Å²) in [7, 11) is 0. The first-order chi connectivity index (χ1) is 33.0. The van der Waals surface area contributed by atoms with Gasteiger partial charge in [-0.05, 0) is 110 Å². The number of phenolic OH excluding ortho intramolecular Hbond substituents is 1. The molecule has 0 aromatic heterocycles. The molecule has 0 spiro atoms. The molecule has 4 aliphatic carbocycles. The molecule has 5 aliphatic rings. The van der Waals surface area contributed by atoms with Gasteiger partial charge in [-0.15, -0.1) is 0 Å². The van der Waals surface area contributed by atoms with Crippen molar-refractivity contribution in [2.75, 3.05) is 0 Å². The molecule has 1 saturated carbocycles. The molecule has 1 aliphatic heterocycles. The first-order valence-corrected chi connectivity index (χ1v) is 23.4. The number of hydrogen-bond donors (Lipinski definition) is 8. The summed E-state index contributed by atoms with van der Waals surface area (Å²) in [6, 6.07) is 11.3. The Morgan fingerprint density at radius 2 is 1.72 bits per heavy atom. The maximum atomic E-state index is 15.7. The van der Waals surface area contributed by atoms with Gasteiger partial charge in [0.15, 0.2) is 17.9 Å². The van der Waals surface area contributed by atoms with Crippen LogP contribution < -0.4 is 15.2 Å². The van der Waals surface area contributed by atoms with Crippen molar-refractivity contribution in [2.45, 2.75) is 133 Å². The normalized spacial score (nSPS) is 27.7. The third kappa shape index (κ3) is 8.59. The molecular weight excluding hydrogens is 887 g/mol. The van der Waals surface area contributed by atoms with Crippen molar-refractivity contribution in [2.24, 2.45) is 11.7 Å². The lowest BCUT2D eigenvalue weighted by molar-refractivity contribution is -0.268. The van der Waals surface area contributed by atoms with Gasteiger partial charge >= 0.3 is 5.97 Å². The summed E-state index contributed by atoms with van der Waals surface area (Å²) >= 11 is 0. The topological polar surface area (TPSA) is 264 Å². The zero-order chi connectivity index (χ0) is 49.1. The van der Waals surface area contributed by atoms with Gasteiger partial charge in [-0.2, -0.15) is 0 Å². The van der Waals surface area contributed by atoms with E-state index in [1.54, 1.807) is 24.3 Å². The number of rotatable bonds is 7. The van der Waals surface area contributed by atoms with Crippen LogP contribution in [0.1, 0.15) is 145 Å². The van der Waals surface area contributed by atoms with Crippen LogP contribution in [0.5, 0.6) is 17.2 Å². The fraction of sp³-hybridized carbons (Fsp3) is 0.407. The van der Waals surface area contributed by atoms with Crippen LogP contribution in [0.15, 0.2) is 42.5 Å². The molecule has 4 bridgehead atoms. The number of hydrogen-bond acceptors (Lipinski definition) is 15. The molecule has 1 heterocycles. The van der Waals surface area contributed by atoms with Gasteiger partial charge in [-0.3, -0.25) is 19.2 Å². The minimum Gasteiger partial charge on any atom is -0.507 e. The van der Waals surface area contributed by atoms with Crippen molar-refractivity contribution in [3.63, 3.8) is 0 Å². The van der Waals surface area contributed by atoms with Gasteiger partial charge in [0.1, 0.15) is 35.6 Å². The molecular formula is C54H55NO14. The minimum atomic E-state index is -1.89. The van der Waals surface area contributed by atoms with Crippen LogP contribution in [-0.2, 0) is 47.4 Å². The Bertz CT molecular complexity index is 2880. The van der Waals surface area contributed by atoms with Crippen LogP contribution in [0.4, 0.5) is 0 Å². The SMILES string of the molecule is CC(=O)Oc1cc(CO)c2c3c1/C=C/c1cccc(c1)C[C@H](O)CC[C@@H](N)C#CCc1c(O[C@H]4O[C@@H](C)[C@@H](O)[C@@H](O)[C@H]4O)c(Cc4ccc5c(c4C=O)[C@]4(O)CCC[C@@H]4CC5)c(O)c(c1C3=O)C2=O. The third-order valence-corrected chi connectivity index (χ3v) is 14.5. The van der Waals surface area contributed by atoms with E-state index in [1.807, 2.05) is 18.2 Å². The molecule has 360 valence electrons. The molecule has 9 N–H and O–H groups in total. The smallest absolute Gasteiger partial charge is 0.308 e. The predicted molar refractivity (Wildman–Crippen MR) is 250 cm³/mol. The van der Waals surface area contributed by atoms with E-state index < -0.39 is 90.3 Å². The number of aliphatic hydroxyl groups excluding tert-OH is 5. The largest absolute Gasteiger partial charge is 0.507 e. The molecule has 2 fully saturated rings. The van der Waals surface area contributed by atoms with Gasteiger partial charge in [0.2, 0.25) is 6.29 Å².